The summed E-state index contributed by atoms with van der Waals surface area (Å²) in [6, 6.07) is 0. The van der Waals surface area contributed by atoms with Crippen LogP contribution in [0.15, 0.2) is 4.47 Å². The number of halogens is 2. The lowest BCUT2D eigenvalue weighted by Gasteiger charge is -2.29. The van der Waals surface area contributed by atoms with Crippen molar-refractivity contribution in [1.29, 1.82) is 0 Å². The van der Waals surface area contributed by atoms with Gasteiger partial charge in [-0.25, -0.2) is 0 Å². The minimum Gasteiger partial charge on any atom is -0.297 e. The summed E-state index contributed by atoms with van der Waals surface area (Å²) >= 11 is 7.43. The average molecular weight is 379 g/mol. The molecule has 0 aromatic carbocycles. The van der Waals surface area contributed by atoms with Crippen LogP contribution in [0.2, 0.25) is 0 Å². The van der Waals surface area contributed by atoms with Gasteiger partial charge in [-0.2, -0.15) is 5.10 Å². The Bertz CT molecular complexity index is 395. The van der Waals surface area contributed by atoms with E-state index < -0.39 is 0 Å². The molecule has 0 saturated carbocycles. The first-order valence-electron chi connectivity index (χ1n) is 6.76. The van der Waals surface area contributed by atoms with Gasteiger partial charge in [0.15, 0.2) is 0 Å². The standard InChI is InChI=1S/C13H21Br2N3/c1-3-11-13(15)12(18(4-2)16-11)9-17-7-5-10(14)6-8-17/h10H,3-9H2,1-2H3. The Morgan fingerprint density at radius 2 is 1.94 bits per heavy atom. The molecule has 0 aliphatic carbocycles. The maximum absolute atomic E-state index is 4.66. The van der Waals surface area contributed by atoms with E-state index in [1.165, 1.54) is 41.8 Å². The third kappa shape index (κ3) is 3.17. The van der Waals surface area contributed by atoms with Gasteiger partial charge in [0.05, 0.1) is 15.9 Å². The Balaban J connectivity index is 2.10. The van der Waals surface area contributed by atoms with Crippen LogP contribution in [0.4, 0.5) is 0 Å². The van der Waals surface area contributed by atoms with Crippen molar-refractivity contribution >= 4 is 31.9 Å². The summed E-state index contributed by atoms with van der Waals surface area (Å²) in [5.74, 6) is 0. The summed E-state index contributed by atoms with van der Waals surface area (Å²) in [6.07, 6.45) is 3.49. The van der Waals surface area contributed by atoms with Crippen LogP contribution in [0.5, 0.6) is 0 Å². The SMILES string of the molecule is CCc1nn(CC)c(CN2CCC(Br)CC2)c1Br. The molecule has 3 nitrogen and oxygen atoms in total. The normalized spacial score (nSPS) is 18.4. The van der Waals surface area contributed by atoms with Crippen molar-refractivity contribution in [3.8, 4) is 0 Å². The molecule has 0 spiro atoms. The van der Waals surface area contributed by atoms with E-state index >= 15 is 0 Å². The third-order valence-electron chi connectivity index (χ3n) is 3.58. The monoisotopic (exact) mass is 377 g/mol. The van der Waals surface area contributed by atoms with Gasteiger partial charge in [-0.3, -0.25) is 9.58 Å². The molecule has 1 aliphatic rings. The molecule has 1 aliphatic heterocycles. The molecule has 0 amide bonds. The number of nitrogens with zero attached hydrogens (tertiary/aromatic N) is 3. The van der Waals surface area contributed by atoms with E-state index in [0.717, 1.165) is 19.5 Å². The predicted molar refractivity (Wildman–Crippen MR) is 82.2 cm³/mol. The van der Waals surface area contributed by atoms with Crippen LogP contribution < -0.4 is 0 Å². The minimum absolute atomic E-state index is 0.708. The first-order valence-corrected chi connectivity index (χ1v) is 8.47. The van der Waals surface area contributed by atoms with Crippen LogP contribution >= 0.6 is 31.9 Å². The van der Waals surface area contributed by atoms with Gasteiger partial charge >= 0.3 is 0 Å². The fourth-order valence-corrected chi connectivity index (χ4v) is 3.54. The molecule has 18 heavy (non-hydrogen) atoms. The van der Waals surface area contributed by atoms with E-state index in [1.807, 2.05) is 0 Å². The van der Waals surface area contributed by atoms with E-state index in [9.17, 15) is 0 Å². The smallest absolute Gasteiger partial charge is 0.0767 e. The van der Waals surface area contributed by atoms with Crippen LogP contribution in [0.1, 0.15) is 38.1 Å². The molecule has 5 heteroatoms. The molecule has 0 N–H and O–H groups in total. The van der Waals surface area contributed by atoms with E-state index in [1.54, 1.807) is 0 Å². The average Bonchev–Trinajstić information content (AvgIpc) is 2.69. The highest BCUT2D eigenvalue weighted by molar-refractivity contribution is 9.10. The Hall–Kier alpha value is 0.130. The number of hydrogen-bond acceptors (Lipinski definition) is 2. The Morgan fingerprint density at radius 1 is 1.28 bits per heavy atom. The molecule has 2 rings (SSSR count). The van der Waals surface area contributed by atoms with Gasteiger partial charge in [0, 0.05) is 17.9 Å². The van der Waals surface area contributed by atoms with Crippen molar-refractivity contribution in [2.24, 2.45) is 0 Å². The molecule has 0 atom stereocenters. The fourth-order valence-electron chi connectivity index (χ4n) is 2.44. The second kappa shape index (κ2) is 6.53. The quantitative estimate of drug-likeness (QED) is 0.746. The number of piperidine rings is 1. The van der Waals surface area contributed by atoms with Gasteiger partial charge in [-0.15, -0.1) is 0 Å². The zero-order valence-corrected chi connectivity index (χ0v) is 14.3. The van der Waals surface area contributed by atoms with Crippen molar-refractivity contribution in [3.63, 3.8) is 0 Å². The topological polar surface area (TPSA) is 21.1 Å². The van der Waals surface area contributed by atoms with Gasteiger partial charge in [-0.05, 0) is 55.2 Å². The van der Waals surface area contributed by atoms with Crippen molar-refractivity contribution in [3.05, 3.63) is 15.9 Å². The molecule has 1 aromatic rings. The lowest BCUT2D eigenvalue weighted by Crippen LogP contribution is -2.34. The zero-order chi connectivity index (χ0) is 13.1. The number of hydrogen-bond donors (Lipinski definition) is 0. The zero-order valence-electron chi connectivity index (χ0n) is 11.1. The Morgan fingerprint density at radius 3 is 2.50 bits per heavy atom. The predicted octanol–water partition coefficient (Wildman–Crippen LogP) is 3.59. The number of rotatable bonds is 4. The Labute approximate surface area is 126 Å². The van der Waals surface area contributed by atoms with Crippen LogP contribution in [-0.4, -0.2) is 32.6 Å². The highest BCUT2D eigenvalue weighted by Gasteiger charge is 2.21. The molecule has 1 aromatic heterocycles. The molecular formula is C13H21Br2N3. The van der Waals surface area contributed by atoms with E-state index in [-0.39, 0.29) is 0 Å². The van der Waals surface area contributed by atoms with E-state index in [4.69, 9.17) is 0 Å². The lowest BCUT2D eigenvalue weighted by molar-refractivity contribution is 0.219. The molecule has 0 radical (unpaired) electrons. The second-order valence-electron chi connectivity index (χ2n) is 4.83. The van der Waals surface area contributed by atoms with Crippen molar-refractivity contribution in [2.45, 2.75) is 51.0 Å². The fraction of sp³-hybridized carbons (Fsp3) is 0.769. The highest BCUT2D eigenvalue weighted by atomic mass is 79.9. The number of alkyl halides is 1. The van der Waals surface area contributed by atoms with Crippen LogP contribution in [0.25, 0.3) is 0 Å². The number of aryl methyl sites for hydroxylation is 2. The van der Waals surface area contributed by atoms with Crippen LogP contribution in [0.3, 0.4) is 0 Å². The first kappa shape index (κ1) is 14.5. The van der Waals surface area contributed by atoms with Gasteiger partial charge < -0.3 is 0 Å². The number of aromatic nitrogens is 2. The molecule has 102 valence electrons. The van der Waals surface area contributed by atoms with Gasteiger partial charge in [0.1, 0.15) is 0 Å². The lowest BCUT2D eigenvalue weighted by atomic mass is 10.1. The van der Waals surface area contributed by atoms with E-state index in [0.29, 0.717) is 4.83 Å². The van der Waals surface area contributed by atoms with E-state index in [2.05, 4.69) is 60.4 Å². The Kier molecular flexibility index (Phi) is 5.27. The number of likely N-dealkylation sites (tertiary alicyclic amines) is 1. The molecular weight excluding hydrogens is 358 g/mol. The summed E-state index contributed by atoms with van der Waals surface area (Å²) in [7, 11) is 0. The molecule has 0 bridgehead atoms. The summed E-state index contributed by atoms with van der Waals surface area (Å²) in [6.45, 7) is 8.64. The largest absolute Gasteiger partial charge is 0.297 e. The maximum Gasteiger partial charge on any atom is 0.0767 e. The third-order valence-corrected chi connectivity index (χ3v) is 5.42. The van der Waals surface area contributed by atoms with Gasteiger partial charge in [0.2, 0.25) is 0 Å². The summed E-state index contributed by atoms with van der Waals surface area (Å²) in [5, 5.41) is 4.66. The van der Waals surface area contributed by atoms with Crippen molar-refractivity contribution in [2.75, 3.05) is 13.1 Å². The second-order valence-corrected chi connectivity index (χ2v) is 6.92. The molecule has 2 heterocycles. The van der Waals surface area contributed by atoms with Crippen molar-refractivity contribution in [1.82, 2.24) is 14.7 Å². The molecule has 1 saturated heterocycles. The summed E-state index contributed by atoms with van der Waals surface area (Å²) in [4.78, 5) is 3.24. The molecule has 0 unspecified atom stereocenters. The molecule has 1 fully saturated rings. The van der Waals surface area contributed by atoms with Crippen LogP contribution in [0, 0.1) is 0 Å². The highest BCUT2D eigenvalue weighted by Crippen LogP contribution is 2.25. The summed E-state index contributed by atoms with van der Waals surface area (Å²) < 4.78 is 3.36. The van der Waals surface area contributed by atoms with Gasteiger partial charge in [-0.1, -0.05) is 22.9 Å². The summed E-state index contributed by atoms with van der Waals surface area (Å²) in [5.41, 5.74) is 2.52. The minimum atomic E-state index is 0.708. The van der Waals surface area contributed by atoms with Crippen LogP contribution in [-0.2, 0) is 19.5 Å². The first-order chi connectivity index (χ1) is 8.65. The van der Waals surface area contributed by atoms with Gasteiger partial charge in [0.25, 0.3) is 0 Å². The van der Waals surface area contributed by atoms with Crippen molar-refractivity contribution < 1.29 is 0 Å². The maximum atomic E-state index is 4.66.